The zero-order valence-electron chi connectivity index (χ0n) is 9.78. The zero-order chi connectivity index (χ0) is 11.8. The van der Waals surface area contributed by atoms with Crippen LogP contribution in [0.15, 0.2) is 0 Å². The van der Waals surface area contributed by atoms with E-state index in [1.165, 1.54) is 4.90 Å². The maximum absolute atomic E-state index is 11.5. The van der Waals surface area contributed by atoms with Crippen molar-refractivity contribution in [2.24, 2.45) is 0 Å². The van der Waals surface area contributed by atoms with Crippen LogP contribution in [0.3, 0.4) is 0 Å². The average molecular weight is 233 g/mol. The van der Waals surface area contributed by atoms with E-state index < -0.39 is 0 Å². The van der Waals surface area contributed by atoms with Crippen molar-refractivity contribution in [2.75, 3.05) is 26.0 Å². The van der Waals surface area contributed by atoms with Crippen molar-refractivity contribution in [2.45, 2.75) is 26.0 Å². The van der Waals surface area contributed by atoms with Gasteiger partial charge < -0.3 is 9.64 Å². The van der Waals surface area contributed by atoms with Crippen LogP contribution in [0, 0.1) is 0 Å². The fourth-order valence-corrected chi connectivity index (χ4v) is 1.53. The molecule has 0 rings (SSSR count). The molecule has 0 radical (unpaired) electrons. The predicted molar refractivity (Wildman–Crippen MR) is 61.9 cm³/mol. The molecule has 0 aliphatic carbocycles. The molecule has 0 N–H and O–H groups in total. The molecule has 0 saturated carbocycles. The minimum Gasteiger partial charge on any atom is -0.465 e. The summed E-state index contributed by atoms with van der Waals surface area (Å²) in [6, 6.07) is 0. The predicted octanol–water partition coefficient (Wildman–Crippen LogP) is 1.15. The second kappa shape index (κ2) is 7.56. The Morgan fingerprint density at radius 2 is 2.00 bits per heavy atom. The summed E-state index contributed by atoms with van der Waals surface area (Å²) in [5, 5.41) is 0.421. The molecule has 1 amide bonds. The van der Waals surface area contributed by atoms with Gasteiger partial charge in [0.1, 0.15) is 6.54 Å². The zero-order valence-corrected chi connectivity index (χ0v) is 10.6. The number of esters is 1. The van der Waals surface area contributed by atoms with E-state index in [2.05, 4.69) is 0 Å². The number of hydrogen-bond acceptors (Lipinski definition) is 4. The highest BCUT2D eigenvalue weighted by Crippen LogP contribution is 2.09. The average Bonchev–Trinajstić information content (AvgIpc) is 2.14. The number of nitrogens with zero attached hydrogens (tertiary/aromatic N) is 1. The first-order valence-electron chi connectivity index (χ1n) is 4.98. The van der Waals surface area contributed by atoms with Crippen LogP contribution in [0.4, 0.5) is 0 Å². The number of hydrogen-bond donors (Lipinski definition) is 0. The maximum Gasteiger partial charge on any atom is 0.325 e. The van der Waals surface area contributed by atoms with Crippen LogP contribution in [0.1, 0.15) is 20.8 Å². The van der Waals surface area contributed by atoms with Gasteiger partial charge in [0.05, 0.1) is 12.4 Å². The second-order valence-corrected chi connectivity index (χ2v) is 4.98. The molecule has 15 heavy (non-hydrogen) atoms. The molecule has 0 fully saturated rings. The number of ether oxygens (including phenoxy) is 1. The van der Waals surface area contributed by atoms with Crippen LogP contribution in [0.5, 0.6) is 0 Å². The lowest BCUT2D eigenvalue weighted by Gasteiger charge is -2.16. The molecule has 4 nitrogen and oxygen atoms in total. The first-order valence-corrected chi connectivity index (χ1v) is 6.03. The van der Waals surface area contributed by atoms with Gasteiger partial charge in [0.15, 0.2) is 0 Å². The summed E-state index contributed by atoms with van der Waals surface area (Å²) in [7, 11) is 1.61. The largest absolute Gasteiger partial charge is 0.465 e. The molecule has 0 bridgehead atoms. The summed E-state index contributed by atoms with van der Waals surface area (Å²) in [5.41, 5.74) is 0. The van der Waals surface area contributed by atoms with Crippen LogP contribution in [0.2, 0.25) is 0 Å². The van der Waals surface area contributed by atoms with Crippen LogP contribution in [-0.2, 0) is 14.3 Å². The lowest BCUT2D eigenvalue weighted by atomic mass is 10.5. The first-order chi connectivity index (χ1) is 6.97. The summed E-state index contributed by atoms with van der Waals surface area (Å²) in [4.78, 5) is 24.0. The van der Waals surface area contributed by atoms with Gasteiger partial charge in [-0.3, -0.25) is 9.59 Å². The Morgan fingerprint density at radius 1 is 1.40 bits per heavy atom. The summed E-state index contributed by atoms with van der Waals surface area (Å²) >= 11 is 1.56. The third kappa shape index (κ3) is 7.25. The van der Waals surface area contributed by atoms with E-state index >= 15 is 0 Å². The quantitative estimate of drug-likeness (QED) is 0.646. The number of carbonyl (C=O) groups is 2. The van der Waals surface area contributed by atoms with Gasteiger partial charge in [-0.2, -0.15) is 0 Å². The number of thioether (sulfide) groups is 1. The summed E-state index contributed by atoms with van der Waals surface area (Å²) < 4.78 is 4.75. The molecule has 0 aromatic heterocycles. The Labute approximate surface area is 95.3 Å². The molecule has 0 spiro atoms. The highest BCUT2D eigenvalue weighted by Gasteiger charge is 2.13. The van der Waals surface area contributed by atoms with E-state index in [0.717, 1.165) is 0 Å². The number of amides is 1. The molecule has 0 aliphatic rings. The molecule has 0 aromatic carbocycles. The second-order valence-electron chi connectivity index (χ2n) is 3.41. The van der Waals surface area contributed by atoms with Crippen molar-refractivity contribution >= 4 is 23.6 Å². The van der Waals surface area contributed by atoms with Gasteiger partial charge in [0.25, 0.3) is 0 Å². The van der Waals surface area contributed by atoms with E-state index in [0.29, 0.717) is 17.6 Å². The van der Waals surface area contributed by atoms with Crippen molar-refractivity contribution in [3.8, 4) is 0 Å². The van der Waals surface area contributed by atoms with Gasteiger partial charge in [0.2, 0.25) is 5.91 Å². The summed E-state index contributed by atoms with van der Waals surface area (Å²) in [6.45, 7) is 6.19. The summed E-state index contributed by atoms with van der Waals surface area (Å²) in [5.74, 6) is 0.0118. The normalized spacial score (nSPS) is 10.2. The van der Waals surface area contributed by atoms with Gasteiger partial charge in [-0.1, -0.05) is 13.8 Å². The Morgan fingerprint density at radius 3 is 2.47 bits per heavy atom. The molecule has 0 aromatic rings. The van der Waals surface area contributed by atoms with Crippen molar-refractivity contribution in [1.29, 1.82) is 0 Å². The number of rotatable bonds is 6. The first kappa shape index (κ1) is 14.3. The van der Waals surface area contributed by atoms with E-state index in [9.17, 15) is 9.59 Å². The molecular formula is C10H19NO3S. The van der Waals surface area contributed by atoms with Gasteiger partial charge in [-0.15, -0.1) is 11.8 Å². The number of likely N-dealkylation sites (N-methyl/N-ethyl adjacent to an activating group) is 1. The van der Waals surface area contributed by atoms with Crippen LogP contribution in [0.25, 0.3) is 0 Å². The third-order valence-electron chi connectivity index (χ3n) is 1.64. The van der Waals surface area contributed by atoms with Gasteiger partial charge >= 0.3 is 5.97 Å². The molecular weight excluding hydrogens is 214 g/mol. The SMILES string of the molecule is CCOC(=O)CN(C)C(=O)CSC(C)C. The lowest BCUT2D eigenvalue weighted by Crippen LogP contribution is -2.34. The topological polar surface area (TPSA) is 46.6 Å². The maximum atomic E-state index is 11.5. The lowest BCUT2D eigenvalue weighted by molar-refractivity contribution is -0.147. The molecule has 0 aliphatic heterocycles. The Bertz CT molecular complexity index is 219. The van der Waals surface area contributed by atoms with Crippen molar-refractivity contribution < 1.29 is 14.3 Å². The van der Waals surface area contributed by atoms with E-state index in [4.69, 9.17) is 4.74 Å². The third-order valence-corrected chi connectivity index (χ3v) is 2.72. The monoisotopic (exact) mass is 233 g/mol. The fourth-order valence-electron chi connectivity index (χ4n) is 0.837. The standard InChI is InChI=1S/C10H19NO3S/c1-5-14-10(13)6-11(4)9(12)7-15-8(2)3/h8H,5-7H2,1-4H3. The van der Waals surface area contributed by atoms with Crippen molar-refractivity contribution in [3.63, 3.8) is 0 Å². The van der Waals surface area contributed by atoms with Crippen LogP contribution in [-0.4, -0.2) is 48.0 Å². The highest BCUT2D eigenvalue weighted by molar-refractivity contribution is 8.00. The Kier molecular flexibility index (Phi) is 7.21. The number of carbonyl (C=O) groups excluding carboxylic acids is 2. The van der Waals surface area contributed by atoms with Gasteiger partial charge in [-0.25, -0.2) is 0 Å². The van der Waals surface area contributed by atoms with Crippen molar-refractivity contribution in [1.82, 2.24) is 4.90 Å². The van der Waals surface area contributed by atoms with Gasteiger partial charge in [-0.05, 0) is 12.2 Å². The summed E-state index contributed by atoms with van der Waals surface area (Å²) in [6.07, 6.45) is 0. The van der Waals surface area contributed by atoms with Crippen LogP contribution < -0.4 is 0 Å². The highest BCUT2D eigenvalue weighted by atomic mass is 32.2. The molecule has 5 heteroatoms. The van der Waals surface area contributed by atoms with E-state index in [1.54, 1.807) is 25.7 Å². The Hall–Kier alpha value is -0.710. The minimum absolute atomic E-state index is 0.0331. The van der Waals surface area contributed by atoms with Gasteiger partial charge in [0, 0.05) is 7.05 Å². The van der Waals surface area contributed by atoms with E-state index in [1.807, 2.05) is 13.8 Å². The Balaban J connectivity index is 3.83. The molecule has 88 valence electrons. The molecule has 0 unspecified atom stereocenters. The fraction of sp³-hybridized carbons (Fsp3) is 0.800. The van der Waals surface area contributed by atoms with Crippen molar-refractivity contribution in [3.05, 3.63) is 0 Å². The minimum atomic E-state index is -0.358. The molecule has 0 atom stereocenters. The molecule has 0 heterocycles. The van der Waals surface area contributed by atoms with E-state index in [-0.39, 0.29) is 18.4 Å². The smallest absolute Gasteiger partial charge is 0.325 e. The van der Waals surface area contributed by atoms with Crippen LogP contribution >= 0.6 is 11.8 Å². The molecule has 0 saturated heterocycles.